The third-order valence-corrected chi connectivity index (χ3v) is 3.70. The smallest absolute Gasteiger partial charge is 0.266 e. The molecule has 2 N–H and O–H groups in total. The van der Waals surface area contributed by atoms with E-state index in [-0.39, 0.29) is 0 Å². The summed E-state index contributed by atoms with van der Waals surface area (Å²) in [6, 6.07) is 0. The van der Waals surface area contributed by atoms with E-state index in [2.05, 4.69) is 28.9 Å². The van der Waals surface area contributed by atoms with Gasteiger partial charge in [-0.3, -0.25) is 0 Å². The molecule has 0 aliphatic carbocycles. The summed E-state index contributed by atoms with van der Waals surface area (Å²) in [6.45, 7) is 7.21. The summed E-state index contributed by atoms with van der Waals surface area (Å²) in [6.07, 6.45) is 5.67. The molecule has 1 aliphatic heterocycles. The van der Waals surface area contributed by atoms with Gasteiger partial charge in [0.25, 0.3) is 5.95 Å². The monoisotopic (exact) mass is 266 g/mol. The largest absolute Gasteiger partial charge is 0.338 e. The highest BCUT2D eigenvalue weighted by atomic mass is 16.5. The van der Waals surface area contributed by atoms with Crippen LogP contribution in [0.15, 0.2) is 4.52 Å². The summed E-state index contributed by atoms with van der Waals surface area (Å²) in [5.74, 6) is 2.58. The van der Waals surface area contributed by atoms with Crippen LogP contribution in [-0.4, -0.2) is 29.8 Å². The fourth-order valence-corrected chi connectivity index (χ4v) is 2.73. The van der Waals surface area contributed by atoms with Crippen molar-refractivity contribution in [2.45, 2.75) is 46.0 Å². The molecule has 1 aliphatic rings. The second-order valence-electron chi connectivity index (χ2n) is 5.97. The minimum absolute atomic E-state index is 0.439. The average Bonchev–Trinajstić information content (AvgIpc) is 2.87. The van der Waals surface area contributed by atoms with Gasteiger partial charge in [-0.25, -0.2) is 0 Å². The first kappa shape index (κ1) is 14.3. The van der Waals surface area contributed by atoms with Crippen molar-refractivity contribution in [1.29, 1.82) is 0 Å². The van der Waals surface area contributed by atoms with E-state index in [9.17, 15) is 0 Å². The van der Waals surface area contributed by atoms with Crippen LogP contribution in [0.3, 0.4) is 0 Å². The van der Waals surface area contributed by atoms with Crippen molar-refractivity contribution in [2.75, 3.05) is 24.5 Å². The Kier molecular flexibility index (Phi) is 5.19. The standard InChI is InChI=1S/C14H26N4O/c1-11(2)8-12(10-15)9-13-16-14(17-19-13)18-6-4-3-5-7-18/h11-12H,3-10,15H2,1-2H3/t12-/m0/s1. The minimum atomic E-state index is 0.439. The molecule has 5 heteroatoms. The Labute approximate surface area is 115 Å². The predicted molar refractivity (Wildman–Crippen MR) is 76.1 cm³/mol. The zero-order valence-electron chi connectivity index (χ0n) is 12.1. The quantitative estimate of drug-likeness (QED) is 0.855. The molecule has 0 amide bonds. The molecular weight excluding hydrogens is 240 g/mol. The molecule has 1 aromatic rings. The zero-order chi connectivity index (χ0) is 13.7. The van der Waals surface area contributed by atoms with Crippen LogP contribution in [0.25, 0.3) is 0 Å². The molecule has 0 aromatic carbocycles. The Morgan fingerprint density at radius 2 is 2.00 bits per heavy atom. The van der Waals surface area contributed by atoms with E-state index in [1.165, 1.54) is 19.3 Å². The van der Waals surface area contributed by atoms with Gasteiger partial charge in [0.15, 0.2) is 0 Å². The highest BCUT2D eigenvalue weighted by molar-refractivity contribution is 5.27. The van der Waals surface area contributed by atoms with E-state index in [0.29, 0.717) is 18.4 Å². The average molecular weight is 266 g/mol. The van der Waals surface area contributed by atoms with Gasteiger partial charge in [0.05, 0.1) is 0 Å². The molecule has 5 nitrogen and oxygen atoms in total. The molecule has 1 atom stereocenters. The first-order valence-corrected chi connectivity index (χ1v) is 7.46. The van der Waals surface area contributed by atoms with Crippen molar-refractivity contribution in [3.05, 3.63) is 5.89 Å². The lowest BCUT2D eigenvalue weighted by Crippen LogP contribution is -2.30. The number of hydrogen-bond donors (Lipinski definition) is 1. The summed E-state index contributed by atoms with van der Waals surface area (Å²) >= 11 is 0. The number of anilines is 1. The maximum atomic E-state index is 5.82. The Morgan fingerprint density at radius 1 is 1.26 bits per heavy atom. The molecule has 1 aromatic heterocycles. The zero-order valence-corrected chi connectivity index (χ0v) is 12.1. The van der Waals surface area contributed by atoms with Crippen molar-refractivity contribution in [1.82, 2.24) is 10.1 Å². The minimum Gasteiger partial charge on any atom is -0.338 e. The molecular formula is C14H26N4O. The summed E-state index contributed by atoms with van der Waals surface area (Å²) < 4.78 is 5.37. The summed E-state index contributed by atoms with van der Waals surface area (Å²) in [7, 11) is 0. The predicted octanol–water partition coefficient (Wildman–Crippen LogP) is 2.22. The van der Waals surface area contributed by atoms with E-state index >= 15 is 0 Å². The van der Waals surface area contributed by atoms with Crippen LogP contribution >= 0.6 is 0 Å². The van der Waals surface area contributed by atoms with Crippen LogP contribution in [0.5, 0.6) is 0 Å². The fourth-order valence-electron chi connectivity index (χ4n) is 2.73. The molecule has 108 valence electrons. The molecule has 0 bridgehead atoms. The highest BCUT2D eigenvalue weighted by Gasteiger charge is 2.19. The molecule has 0 saturated carbocycles. The molecule has 0 unspecified atom stereocenters. The second kappa shape index (κ2) is 6.89. The van der Waals surface area contributed by atoms with Crippen molar-refractivity contribution in [3.8, 4) is 0 Å². The molecule has 2 rings (SSSR count). The topological polar surface area (TPSA) is 68.2 Å². The third kappa shape index (κ3) is 4.20. The van der Waals surface area contributed by atoms with Gasteiger partial charge in [-0.1, -0.05) is 13.8 Å². The fraction of sp³-hybridized carbons (Fsp3) is 0.857. The van der Waals surface area contributed by atoms with Crippen LogP contribution in [0, 0.1) is 11.8 Å². The van der Waals surface area contributed by atoms with Gasteiger partial charge in [-0.05, 0) is 49.2 Å². The molecule has 2 heterocycles. The van der Waals surface area contributed by atoms with Gasteiger partial charge in [0.1, 0.15) is 0 Å². The van der Waals surface area contributed by atoms with Gasteiger partial charge < -0.3 is 15.2 Å². The number of nitrogens with zero attached hydrogens (tertiary/aromatic N) is 3. The van der Waals surface area contributed by atoms with Crippen molar-refractivity contribution in [2.24, 2.45) is 17.6 Å². The first-order chi connectivity index (χ1) is 9.19. The lowest BCUT2D eigenvalue weighted by molar-refractivity contribution is 0.331. The highest BCUT2D eigenvalue weighted by Crippen LogP contribution is 2.19. The Morgan fingerprint density at radius 3 is 2.63 bits per heavy atom. The maximum absolute atomic E-state index is 5.82. The lowest BCUT2D eigenvalue weighted by Gasteiger charge is -2.24. The van der Waals surface area contributed by atoms with Crippen molar-refractivity contribution < 1.29 is 4.52 Å². The van der Waals surface area contributed by atoms with Crippen LogP contribution in [-0.2, 0) is 6.42 Å². The molecule has 1 fully saturated rings. The maximum Gasteiger partial charge on any atom is 0.266 e. The van der Waals surface area contributed by atoms with Crippen LogP contribution in [0.2, 0.25) is 0 Å². The van der Waals surface area contributed by atoms with Crippen LogP contribution < -0.4 is 10.6 Å². The summed E-state index contributed by atoms with van der Waals surface area (Å²) in [5, 5.41) is 4.11. The lowest BCUT2D eigenvalue weighted by atomic mass is 9.94. The van der Waals surface area contributed by atoms with Gasteiger partial charge in [0.2, 0.25) is 5.89 Å². The number of hydrogen-bond acceptors (Lipinski definition) is 5. The first-order valence-electron chi connectivity index (χ1n) is 7.46. The van der Waals surface area contributed by atoms with Gasteiger partial charge in [-0.15, -0.1) is 0 Å². The summed E-state index contributed by atoms with van der Waals surface area (Å²) in [5.41, 5.74) is 5.82. The van der Waals surface area contributed by atoms with E-state index in [1.54, 1.807) is 0 Å². The van der Waals surface area contributed by atoms with Crippen LogP contribution in [0.4, 0.5) is 5.95 Å². The molecule has 0 spiro atoms. The van der Waals surface area contributed by atoms with E-state index in [1.807, 2.05) is 0 Å². The van der Waals surface area contributed by atoms with Gasteiger partial charge >= 0.3 is 0 Å². The Bertz CT molecular complexity index is 371. The second-order valence-corrected chi connectivity index (χ2v) is 5.97. The SMILES string of the molecule is CC(C)C[C@H](CN)Cc1nc(N2CCCCC2)no1. The van der Waals surface area contributed by atoms with E-state index < -0.39 is 0 Å². The Hall–Kier alpha value is -1.10. The van der Waals surface area contributed by atoms with E-state index in [0.717, 1.165) is 37.8 Å². The van der Waals surface area contributed by atoms with Crippen LogP contribution in [0.1, 0.15) is 45.4 Å². The number of nitrogens with two attached hydrogens (primary N) is 1. The molecule has 19 heavy (non-hydrogen) atoms. The number of aromatic nitrogens is 2. The van der Waals surface area contributed by atoms with Crippen molar-refractivity contribution in [3.63, 3.8) is 0 Å². The van der Waals surface area contributed by atoms with Gasteiger partial charge in [-0.2, -0.15) is 4.98 Å². The summed E-state index contributed by atoms with van der Waals surface area (Å²) in [4.78, 5) is 6.74. The normalized spacial score (nSPS) is 18.0. The number of piperidine rings is 1. The third-order valence-electron chi connectivity index (χ3n) is 3.70. The number of rotatable bonds is 6. The van der Waals surface area contributed by atoms with E-state index in [4.69, 9.17) is 10.3 Å². The Balaban J connectivity index is 1.92. The molecule has 0 radical (unpaired) electrons. The molecule has 1 saturated heterocycles. The van der Waals surface area contributed by atoms with Gasteiger partial charge in [0, 0.05) is 19.5 Å². The van der Waals surface area contributed by atoms with Crippen molar-refractivity contribution >= 4 is 5.95 Å².